The summed E-state index contributed by atoms with van der Waals surface area (Å²) in [6.45, 7) is 2.79. The van der Waals surface area contributed by atoms with E-state index in [1.165, 1.54) is 6.07 Å². The molecule has 0 aliphatic heterocycles. The van der Waals surface area contributed by atoms with Crippen LogP contribution >= 0.6 is 0 Å². The van der Waals surface area contributed by atoms with E-state index in [0.717, 1.165) is 6.20 Å². The van der Waals surface area contributed by atoms with Gasteiger partial charge in [-0.1, -0.05) is 0 Å². The van der Waals surface area contributed by atoms with Crippen molar-refractivity contribution in [3.05, 3.63) is 23.6 Å². The predicted molar refractivity (Wildman–Crippen MR) is 67.0 cm³/mol. The van der Waals surface area contributed by atoms with Gasteiger partial charge in [0.1, 0.15) is 11.6 Å². The molecule has 1 amide bonds. The first-order chi connectivity index (χ1) is 8.63. The van der Waals surface area contributed by atoms with E-state index in [4.69, 9.17) is 5.11 Å². The summed E-state index contributed by atoms with van der Waals surface area (Å²) in [5, 5.41) is 11.5. The smallest absolute Gasteiger partial charge is 0.257 e. The molecule has 0 radical (unpaired) electrons. The van der Waals surface area contributed by atoms with Crippen LogP contribution in [0, 0.1) is 5.82 Å². The Morgan fingerprint density at radius 3 is 2.89 bits per heavy atom. The number of nitrogens with one attached hydrogen (secondary N) is 1. The molecule has 2 N–H and O–H groups in total. The third-order valence-electron chi connectivity index (χ3n) is 2.58. The molecule has 0 aliphatic carbocycles. The standard InChI is InChI=1S/C12H18FN3O2/c1-3-16(5-4-6-17)12(18)10-7-9(13)8-15-11(10)14-2/h7-8,17H,3-6H2,1-2H3,(H,14,15). The molecule has 1 aromatic heterocycles. The van der Waals surface area contributed by atoms with E-state index in [-0.39, 0.29) is 18.1 Å². The zero-order chi connectivity index (χ0) is 13.5. The topological polar surface area (TPSA) is 65.5 Å². The second-order valence-corrected chi connectivity index (χ2v) is 3.76. The van der Waals surface area contributed by atoms with Crippen LogP contribution < -0.4 is 5.32 Å². The molecular formula is C12H18FN3O2. The van der Waals surface area contributed by atoms with Gasteiger partial charge in [0.15, 0.2) is 0 Å². The summed E-state index contributed by atoms with van der Waals surface area (Å²) in [5.74, 6) is -0.485. The summed E-state index contributed by atoms with van der Waals surface area (Å²) in [5.41, 5.74) is 0.206. The number of carbonyl (C=O) groups excluding carboxylic acids is 1. The number of aliphatic hydroxyl groups is 1. The predicted octanol–water partition coefficient (Wildman–Crippen LogP) is 1.11. The van der Waals surface area contributed by atoms with Crippen molar-refractivity contribution < 1.29 is 14.3 Å². The highest BCUT2D eigenvalue weighted by molar-refractivity contribution is 5.98. The largest absolute Gasteiger partial charge is 0.396 e. The first-order valence-electron chi connectivity index (χ1n) is 5.87. The Balaban J connectivity index is 2.96. The lowest BCUT2D eigenvalue weighted by atomic mass is 10.2. The number of carbonyl (C=O) groups is 1. The molecular weight excluding hydrogens is 237 g/mol. The number of halogens is 1. The fourth-order valence-electron chi connectivity index (χ4n) is 1.64. The van der Waals surface area contributed by atoms with Crippen molar-refractivity contribution in [2.75, 3.05) is 32.1 Å². The lowest BCUT2D eigenvalue weighted by molar-refractivity contribution is 0.0754. The second kappa shape index (κ2) is 6.90. The van der Waals surface area contributed by atoms with Gasteiger partial charge in [0.25, 0.3) is 5.91 Å². The summed E-state index contributed by atoms with van der Waals surface area (Å²) in [6, 6.07) is 1.17. The van der Waals surface area contributed by atoms with Gasteiger partial charge in [-0.2, -0.15) is 0 Å². The SMILES string of the molecule is CCN(CCCO)C(=O)c1cc(F)cnc1NC. The minimum atomic E-state index is -0.546. The van der Waals surface area contributed by atoms with E-state index in [1.54, 1.807) is 11.9 Å². The molecule has 1 aromatic rings. The number of anilines is 1. The van der Waals surface area contributed by atoms with E-state index in [2.05, 4.69) is 10.3 Å². The fraction of sp³-hybridized carbons (Fsp3) is 0.500. The van der Waals surface area contributed by atoms with Gasteiger partial charge >= 0.3 is 0 Å². The first-order valence-corrected chi connectivity index (χ1v) is 5.87. The van der Waals surface area contributed by atoms with Gasteiger partial charge in [0.05, 0.1) is 11.8 Å². The molecule has 0 bridgehead atoms. The number of hydrogen-bond donors (Lipinski definition) is 2. The van der Waals surface area contributed by atoms with Crippen molar-refractivity contribution in [1.29, 1.82) is 0 Å². The van der Waals surface area contributed by atoms with Crippen LogP contribution in [0.25, 0.3) is 0 Å². The first kappa shape index (κ1) is 14.4. The average molecular weight is 255 g/mol. The third-order valence-corrected chi connectivity index (χ3v) is 2.58. The molecule has 0 saturated heterocycles. The molecule has 1 heterocycles. The zero-order valence-corrected chi connectivity index (χ0v) is 10.6. The molecule has 5 nitrogen and oxygen atoms in total. The maximum Gasteiger partial charge on any atom is 0.257 e. The Morgan fingerprint density at radius 2 is 2.33 bits per heavy atom. The second-order valence-electron chi connectivity index (χ2n) is 3.76. The Morgan fingerprint density at radius 1 is 1.61 bits per heavy atom. The molecule has 1 rings (SSSR count). The van der Waals surface area contributed by atoms with Crippen molar-refractivity contribution in [2.24, 2.45) is 0 Å². The van der Waals surface area contributed by atoms with E-state index < -0.39 is 5.82 Å². The Hall–Kier alpha value is -1.69. The van der Waals surface area contributed by atoms with Crippen molar-refractivity contribution in [3.63, 3.8) is 0 Å². The molecule has 0 saturated carbocycles. The van der Waals surface area contributed by atoms with Gasteiger partial charge in [0.2, 0.25) is 0 Å². The normalized spacial score (nSPS) is 10.2. The molecule has 18 heavy (non-hydrogen) atoms. The number of amides is 1. The van der Waals surface area contributed by atoms with Crippen LogP contribution in [0.2, 0.25) is 0 Å². The Bertz CT molecular complexity index is 412. The highest BCUT2D eigenvalue weighted by Gasteiger charge is 2.18. The van der Waals surface area contributed by atoms with Crippen LogP contribution in [-0.2, 0) is 0 Å². The van der Waals surface area contributed by atoms with Gasteiger partial charge in [-0.3, -0.25) is 4.79 Å². The van der Waals surface area contributed by atoms with E-state index in [9.17, 15) is 9.18 Å². The summed E-state index contributed by atoms with van der Waals surface area (Å²) in [6.07, 6.45) is 1.56. The Kier molecular flexibility index (Phi) is 5.51. The lowest BCUT2D eigenvalue weighted by Crippen LogP contribution is -2.33. The lowest BCUT2D eigenvalue weighted by Gasteiger charge is -2.21. The molecule has 6 heteroatoms. The molecule has 0 atom stereocenters. The molecule has 0 aliphatic rings. The number of aromatic nitrogens is 1. The zero-order valence-electron chi connectivity index (χ0n) is 10.6. The summed E-state index contributed by atoms with van der Waals surface area (Å²) in [7, 11) is 1.63. The molecule has 0 fully saturated rings. The third kappa shape index (κ3) is 3.40. The minimum Gasteiger partial charge on any atom is -0.396 e. The van der Waals surface area contributed by atoms with Crippen LogP contribution in [0.4, 0.5) is 10.2 Å². The van der Waals surface area contributed by atoms with Gasteiger partial charge in [-0.05, 0) is 19.4 Å². The van der Waals surface area contributed by atoms with E-state index in [1.807, 2.05) is 6.92 Å². The summed E-state index contributed by atoms with van der Waals surface area (Å²) < 4.78 is 13.2. The minimum absolute atomic E-state index is 0.0179. The van der Waals surface area contributed by atoms with Crippen molar-refractivity contribution >= 4 is 11.7 Å². The monoisotopic (exact) mass is 255 g/mol. The number of aliphatic hydroxyl groups excluding tert-OH is 1. The Labute approximate surface area is 106 Å². The van der Waals surface area contributed by atoms with Gasteiger partial charge in [-0.15, -0.1) is 0 Å². The van der Waals surface area contributed by atoms with Crippen LogP contribution in [0.3, 0.4) is 0 Å². The maximum atomic E-state index is 13.2. The molecule has 0 unspecified atom stereocenters. The fourth-order valence-corrected chi connectivity index (χ4v) is 1.64. The number of rotatable bonds is 6. The maximum absolute atomic E-state index is 13.2. The van der Waals surface area contributed by atoms with Crippen molar-refractivity contribution in [1.82, 2.24) is 9.88 Å². The van der Waals surface area contributed by atoms with Crippen molar-refractivity contribution in [3.8, 4) is 0 Å². The van der Waals surface area contributed by atoms with Crippen LogP contribution in [-0.4, -0.2) is 47.6 Å². The highest BCUT2D eigenvalue weighted by atomic mass is 19.1. The van der Waals surface area contributed by atoms with E-state index in [0.29, 0.717) is 25.3 Å². The number of nitrogens with zero attached hydrogens (tertiary/aromatic N) is 2. The quantitative estimate of drug-likeness (QED) is 0.799. The van der Waals surface area contributed by atoms with E-state index >= 15 is 0 Å². The summed E-state index contributed by atoms with van der Waals surface area (Å²) in [4.78, 5) is 17.6. The van der Waals surface area contributed by atoms with Gasteiger partial charge in [0, 0.05) is 26.7 Å². The van der Waals surface area contributed by atoms with Crippen molar-refractivity contribution in [2.45, 2.75) is 13.3 Å². The number of hydrogen-bond acceptors (Lipinski definition) is 4. The number of pyridine rings is 1. The average Bonchev–Trinajstić information content (AvgIpc) is 2.39. The molecule has 0 aromatic carbocycles. The molecule has 100 valence electrons. The highest BCUT2D eigenvalue weighted by Crippen LogP contribution is 2.15. The van der Waals surface area contributed by atoms with Gasteiger partial charge in [-0.25, -0.2) is 9.37 Å². The van der Waals surface area contributed by atoms with Crippen LogP contribution in [0.5, 0.6) is 0 Å². The van der Waals surface area contributed by atoms with Crippen LogP contribution in [0.1, 0.15) is 23.7 Å². The van der Waals surface area contributed by atoms with Crippen LogP contribution in [0.15, 0.2) is 12.3 Å². The molecule has 0 spiro atoms. The summed E-state index contributed by atoms with van der Waals surface area (Å²) >= 11 is 0. The van der Waals surface area contributed by atoms with Gasteiger partial charge < -0.3 is 15.3 Å².